The zero-order valence-electron chi connectivity index (χ0n) is 12.7. The smallest absolute Gasteiger partial charge is 0.127 e. The summed E-state index contributed by atoms with van der Waals surface area (Å²) in [4.78, 5) is 2.40. The minimum absolute atomic E-state index is 0.0915. The van der Waals surface area contributed by atoms with Gasteiger partial charge in [0.2, 0.25) is 0 Å². The molecule has 2 rings (SSSR count). The zero-order valence-corrected chi connectivity index (χ0v) is 12.7. The first-order valence-corrected chi connectivity index (χ1v) is 7.87. The third-order valence-corrected chi connectivity index (χ3v) is 4.47. The van der Waals surface area contributed by atoms with E-state index in [9.17, 15) is 4.39 Å². The Morgan fingerprint density at radius 3 is 2.65 bits per heavy atom. The van der Waals surface area contributed by atoms with Crippen molar-refractivity contribution in [3.63, 3.8) is 0 Å². The molecule has 1 atom stereocenters. The predicted octanol–water partition coefficient (Wildman–Crippen LogP) is 3.60. The molecule has 0 saturated carbocycles. The number of nitrogens with one attached hydrogen (secondary N) is 1. The van der Waals surface area contributed by atoms with Crippen LogP contribution in [0.3, 0.4) is 0 Å². The Bertz CT molecular complexity index is 400. The van der Waals surface area contributed by atoms with E-state index in [0.717, 1.165) is 24.4 Å². The van der Waals surface area contributed by atoms with Gasteiger partial charge in [0.05, 0.1) is 0 Å². The molecule has 1 aliphatic rings. The lowest BCUT2D eigenvalue weighted by Crippen LogP contribution is -2.32. The molecular weight excluding hydrogens is 251 g/mol. The fourth-order valence-corrected chi connectivity index (χ4v) is 3.04. The number of hydrogen-bond donors (Lipinski definition) is 1. The molecule has 0 amide bonds. The molecule has 1 aromatic rings. The lowest BCUT2D eigenvalue weighted by Gasteiger charge is -2.29. The fourth-order valence-electron chi connectivity index (χ4n) is 3.04. The fraction of sp³-hybridized carbons (Fsp3) is 0.647. The molecule has 1 N–H and O–H groups in total. The van der Waals surface area contributed by atoms with E-state index in [1.165, 1.54) is 32.4 Å². The molecule has 1 saturated heterocycles. The highest BCUT2D eigenvalue weighted by Gasteiger charge is 2.17. The SMILES string of the molecule is CCC(NCCC1CCN(C)CC1)c1ccccc1F. The van der Waals surface area contributed by atoms with Gasteiger partial charge in [0.1, 0.15) is 5.82 Å². The summed E-state index contributed by atoms with van der Waals surface area (Å²) in [6.07, 6.45) is 4.73. The second-order valence-corrected chi connectivity index (χ2v) is 5.97. The van der Waals surface area contributed by atoms with Crippen molar-refractivity contribution in [3.8, 4) is 0 Å². The van der Waals surface area contributed by atoms with E-state index in [1.807, 2.05) is 12.1 Å². The van der Waals surface area contributed by atoms with Gasteiger partial charge >= 0.3 is 0 Å². The average Bonchev–Trinajstić information content (AvgIpc) is 2.47. The largest absolute Gasteiger partial charge is 0.310 e. The van der Waals surface area contributed by atoms with Gasteiger partial charge in [-0.15, -0.1) is 0 Å². The summed E-state index contributed by atoms with van der Waals surface area (Å²) in [5.41, 5.74) is 0.804. The van der Waals surface area contributed by atoms with Crippen molar-refractivity contribution in [1.29, 1.82) is 0 Å². The van der Waals surface area contributed by atoms with Crippen molar-refractivity contribution in [2.75, 3.05) is 26.7 Å². The van der Waals surface area contributed by atoms with Gasteiger partial charge in [-0.2, -0.15) is 0 Å². The minimum Gasteiger partial charge on any atom is -0.310 e. The number of halogens is 1. The molecule has 1 aliphatic heterocycles. The van der Waals surface area contributed by atoms with Gasteiger partial charge in [0, 0.05) is 11.6 Å². The van der Waals surface area contributed by atoms with Crippen molar-refractivity contribution in [3.05, 3.63) is 35.6 Å². The van der Waals surface area contributed by atoms with Crippen LogP contribution in [0.15, 0.2) is 24.3 Å². The van der Waals surface area contributed by atoms with Gasteiger partial charge in [-0.1, -0.05) is 25.1 Å². The lowest BCUT2D eigenvalue weighted by atomic mass is 9.93. The van der Waals surface area contributed by atoms with Crippen molar-refractivity contribution < 1.29 is 4.39 Å². The molecule has 0 radical (unpaired) electrons. The zero-order chi connectivity index (χ0) is 14.4. The van der Waals surface area contributed by atoms with Gasteiger partial charge in [-0.05, 0) is 64.3 Å². The van der Waals surface area contributed by atoms with Gasteiger partial charge in [0.15, 0.2) is 0 Å². The van der Waals surface area contributed by atoms with E-state index in [0.29, 0.717) is 0 Å². The molecule has 0 spiro atoms. The molecule has 112 valence electrons. The quantitative estimate of drug-likeness (QED) is 0.855. The Labute approximate surface area is 122 Å². The number of hydrogen-bond acceptors (Lipinski definition) is 2. The molecular formula is C17H27FN2. The maximum absolute atomic E-state index is 13.8. The maximum atomic E-state index is 13.8. The first kappa shape index (κ1) is 15.5. The van der Waals surface area contributed by atoms with Crippen LogP contribution >= 0.6 is 0 Å². The molecule has 0 aromatic heterocycles. The molecule has 1 heterocycles. The van der Waals surface area contributed by atoms with E-state index in [-0.39, 0.29) is 11.9 Å². The van der Waals surface area contributed by atoms with E-state index in [4.69, 9.17) is 0 Å². The van der Waals surface area contributed by atoms with Crippen LogP contribution in [-0.2, 0) is 0 Å². The van der Waals surface area contributed by atoms with Gasteiger partial charge in [-0.3, -0.25) is 0 Å². The molecule has 2 nitrogen and oxygen atoms in total. The highest BCUT2D eigenvalue weighted by molar-refractivity contribution is 5.21. The average molecular weight is 278 g/mol. The van der Waals surface area contributed by atoms with Crippen LogP contribution in [0.5, 0.6) is 0 Å². The van der Waals surface area contributed by atoms with Gasteiger partial charge < -0.3 is 10.2 Å². The van der Waals surface area contributed by atoms with Crippen LogP contribution < -0.4 is 5.32 Å². The number of rotatable bonds is 6. The standard InChI is InChI=1S/C17H27FN2/c1-3-17(15-6-4-5-7-16(15)18)19-11-8-14-9-12-20(2)13-10-14/h4-7,14,17,19H,3,8-13H2,1-2H3. The topological polar surface area (TPSA) is 15.3 Å². The lowest BCUT2D eigenvalue weighted by molar-refractivity contribution is 0.210. The van der Waals surface area contributed by atoms with Gasteiger partial charge in [0.25, 0.3) is 0 Å². The Morgan fingerprint density at radius 2 is 2.00 bits per heavy atom. The first-order chi connectivity index (χ1) is 9.70. The molecule has 3 heteroatoms. The van der Waals surface area contributed by atoms with Crippen molar-refractivity contribution in [1.82, 2.24) is 10.2 Å². The van der Waals surface area contributed by atoms with Crippen LogP contribution in [0.2, 0.25) is 0 Å². The van der Waals surface area contributed by atoms with Crippen molar-refractivity contribution >= 4 is 0 Å². The summed E-state index contributed by atoms with van der Waals surface area (Å²) in [7, 11) is 2.19. The number of piperidine rings is 1. The monoisotopic (exact) mass is 278 g/mol. The summed E-state index contributed by atoms with van der Waals surface area (Å²) in [5.74, 6) is 0.739. The van der Waals surface area contributed by atoms with Crippen molar-refractivity contribution in [2.24, 2.45) is 5.92 Å². The molecule has 1 aromatic carbocycles. The highest BCUT2D eigenvalue weighted by atomic mass is 19.1. The van der Waals surface area contributed by atoms with E-state index >= 15 is 0 Å². The Balaban J connectivity index is 1.78. The second kappa shape index (κ2) is 7.75. The predicted molar refractivity (Wildman–Crippen MR) is 82.3 cm³/mol. The van der Waals surface area contributed by atoms with Gasteiger partial charge in [-0.25, -0.2) is 4.39 Å². The second-order valence-electron chi connectivity index (χ2n) is 5.97. The summed E-state index contributed by atoms with van der Waals surface area (Å²) in [6.45, 7) is 5.53. The molecule has 20 heavy (non-hydrogen) atoms. The Hall–Kier alpha value is -0.930. The van der Waals surface area contributed by atoms with Crippen LogP contribution in [0, 0.1) is 11.7 Å². The molecule has 1 fully saturated rings. The van der Waals surface area contributed by atoms with Crippen LogP contribution in [-0.4, -0.2) is 31.6 Å². The van der Waals surface area contributed by atoms with E-state index in [2.05, 4.69) is 24.2 Å². The molecule has 0 bridgehead atoms. The van der Waals surface area contributed by atoms with Crippen molar-refractivity contribution in [2.45, 2.75) is 38.6 Å². The van der Waals surface area contributed by atoms with E-state index < -0.39 is 0 Å². The Kier molecular flexibility index (Phi) is 5.99. The normalized spacial score (nSPS) is 19.1. The maximum Gasteiger partial charge on any atom is 0.127 e. The van der Waals surface area contributed by atoms with Crippen LogP contribution in [0.1, 0.15) is 44.2 Å². The number of benzene rings is 1. The third-order valence-electron chi connectivity index (χ3n) is 4.47. The summed E-state index contributed by atoms with van der Waals surface area (Å²) in [6, 6.07) is 7.26. The summed E-state index contributed by atoms with van der Waals surface area (Å²) >= 11 is 0. The number of nitrogens with zero attached hydrogens (tertiary/aromatic N) is 1. The Morgan fingerprint density at radius 1 is 1.30 bits per heavy atom. The number of likely N-dealkylation sites (tertiary alicyclic amines) is 1. The van der Waals surface area contributed by atoms with E-state index in [1.54, 1.807) is 12.1 Å². The minimum atomic E-state index is -0.0915. The first-order valence-electron chi connectivity index (χ1n) is 7.87. The highest BCUT2D eigenvalue weighted by Crippen LogP contribution is 2.22. The molecule has 1 unspecified atom stereocenters. The summed E-state index contributed by atoms with van der Waals surface area (Å²) < 4.78 is 13.8. The van der Waals surface area contributed by atoms with Crippen LogP contribution in [0.4, 0.5) is 4.39 Å². The third kappa shape index (κ3) is 4.29. The summed E-state index contributed by atoms with van der Waals surface area (Å²) in [5, 5.41) is 3.53. The molecule has 0 aliphatic carbocycles. The van der Waals surface area contributed by atoms with Crippen LogP contribution in [0.25, 0.3) is 0 Å².